The molecule has 0 amide bonds. The second-order valence-corrected chi connectivity index (χ2v) is 8.02. The van der Waals surface area contributed by atoms with Gasteiger partial charge in [-0.25, -0.2) is 12.8 Å². The van der Waals surface area contributed by atoms with Gasteiger partial charge in [0.25, 0.3) is 0 Å². The summed E-state index contributed by atoms with van der Waals surface area (Å²) in [5.74, 6) is -0.444. The summed E-state index contributed by atoms with van der Waals surface area (Å²) in [7, 11) is -3.42. The van der Waals surface area contributed by atoms with E-state index < -0.39 is 15.7 Å². The molecule has 1 N–H and O–H groups in total. The van der Waals surface area contributed by atoms with E-state index in [1.807, 2.05) is 0 Å². The van der Waals surface area contributed by atoms with E-state index in [1.54, 1.807) is 12.3 Å². The van der Waals surface area contributed by atoms with Crippen molar-refractivity contribution in [2.75, 3.05) is 45.2 Å². The summed E-state index contributed by atoms with van der Waals surface area (Å²) in [6, 6.07) is 3.08. The van der Waals surface area contributed by atoms with Crippen molar-refractivity contribution in [1.29, 1.82) is 0 Å². The second kappa shape index (κ2) is 7.09. The van der Waals surface area contributed by atoms with Crippen LogP contribution in [0.2, 0.25) is 0 Å². The van der Waals surface area contributed by atoms with Crippen LogP contribution in [-0.2, 0) is 16.3 Å². The van der Waals surface area contributed by atoms with Gasteiger partial charge in [0.05, 0.1) is 9.79 Å². The predicted octanol–water partition coefficient (Wildman–Crippen LogP) is 1.40. The molecule has 0 saturated carbocycles. The molecule has 0 bridgehead atoms. The van der Waals surface area contributed by atoms with Crippen LogP contribution in [0.5, 0.6) is 0 Å². The summed E-state index contributed by atoms with van der Waals surface area (Å²) in [6.45, 7) is 4.71. The number of thioether (sulfide) groups is 1. The molecule has 1 saturated heterocycles. The summed E-state index contributed by atoms with van der Waals surface area (Å²) in [4.78, 5) is 2.62. The van der Waals surface area contributed by atoms with Gasteiger partial charge in [0.1, 0.15) is 5.82 Å². The molecule has 1 aliphatic rings. The zero-order valence-corrected chi connectivity index (χ0v) is 14.0. The van der Waals surface area contributed by atoms with Crippen molar-refractivity contribution in [3.05, 3.63) is 23.5 Å². The maximum Gasteiger partial charge on any atom is 0.176 e. The smallest absolute Gasteiger partial charge is 0.176 e. The lowest BCUT2D eigenvalue weighted by atomic mass is 10.1. The van der Waals surface area contributed by atoms with Crippen LogP contribution in [0.1, 0.15) is 5.56 Å². The molecule has 1 fully saturated rings. The summed E-state index contributed by atoms with van der Waals surface area (Å²) >= 11 is 1.13. The lowest BCUT2D eigenvalue weighted by Crippen LogP contribution is -2.44. The number of hydrogen-bond donors (Lipinski definition) is 1. The molecule has 4 nitrogen and oxygen atoms in total. The predicted molar refractivity (Wildman–Crippen MR) is 84.3 cm³/mol. The van der Waals surface area contributed by atoms with Crippen molar-refractivity contribution in [2.24, 2.45) is 0 Å². The highest BCUT2D eigenvalue weighted by Gasteiger charge is 2.19. The van der Waals surface area contributed by atoms with Gasteiger partial charge in [-0.05, 0) is 30.4 Å². The Labute approximate surface area is 130 Å². The zero-order chi connectivity index (χ0) is 15.5. The van der Waals surface area contributed by atoms with E-state index in [9.17, 15) is 12.8 Å². The van der Waals surface area contributed by atoms with Crippen LogP contribution in [-0.4, -0.2) is 58.6 Å². The number of sulfone groups is 1. The lowest BCUT2D eigenvalue weighted by Gasteiger charge is -2.27. The molecular weight excluding hydrogens is 311 g/mol. The lowest BCUT2D eigenvalue weighted by molar-refractivity contribution is 0.244. The number of piperazine rings is 1. The summed E-state index contributed by atoms with van der Waals surface area (Å²) < 4.78 is 37.7. The maximum atomic E-state index is 14.1. The normalized spacial score (nSPS) is 17.1. The van der Waals surface area contributed by atoms with E-state index in [2.05, 4.69) is 10.2 Å². The first kappa shape index (κ1) is 16.7. The Hall–Kier alpha value is -0.630. The Morgan fingerprint density at radius 3 is 2.57 bits per heavy atom. The molecule has 21 heavy (non-hydrogen) atoms. The minimum atomic E-state index is -3.42. The first-order valence-electron chi connectivity index (χ1n) is 6.91. The molecule has 0 spiro atoms. The fraction of sp³-hybridized carbons (Fsp3) is 0.571. The van der Waals surface area contributed by atoms with Crippen LogP contribution in [0.25, 0.3) is 0 Å². The van der Waals surface area contributed by atoms with E-state index in [0.29, 0.717) is 6.42 Å². The fourth-order valence-electron chi connectivity index (χ4n) is 2.46. The van der Waals surface area contributed by atoms with Gasteiger partial charge in [-0.15, -0.1) is 11.8 Å². The average Bonchev–Trinajstić information content (AvgIpc) is 2.44. The van der Waals surface area contributed by atoms with Crippen molar-refractivity contribution < 1.29 is 12.8 Å². The Morgan fingerprint density at radius 2 is 2.00 bits per heavy atom. The second-order valence-electron chi connectivity index (χ2n) is 5.22. The van der Waals surface area contributed by atoms with Gasteiger partial charge in [0, 0.05) is 39.0 Å². The standard InChI is InChI=1S/C14H21FN2O2S2/c1-20-14-12(15)9-11(10-13(14)21(2,18)19)3-6-17-7-4-16-5-8-17/h9-10,16H,3-8H2,1-2H3. The largest absolute Gasteiger partial charge is 0.314 e. The Bertz CT molecular complexity index is 599. The molecule has 1 aromatic rings. The summed E-state index contributed by atoms with van der Waals surface area (Å²) in [5.41, 5.74) is 0.740. The van der Waals surface area contributed by atoms with Crippen molar-refractivity contribution in [3.8, 4) is 0 Å². The molecule has 0 unspecified atom stereocenters. The van der Waals surface area contributed by atoms with Gasteiger partial charge < -0.3 is 10.2 Å². The number of benzene rings is 1. The highest BCUT2D eigenvalue weighted by molar-refractivity contribution is 7.99. The SMILES string of the molecule is CSc1c(F)cc(CCN2CCNCC2)cc1S(C)(=O)=O. The fourth-order valence-corrected chi connectivity index (χ4v) is 4.48. The molecule has 1 aliphatic heterocycles. The molecule has 0 radical (unpaired) electrons. The molecule has 2 rings (SSSR count). The van der Waals surface area contributed by atoms with E-state index >= 15 is 0 Å². The number of hydrogen-bond acceptors (Lipinski definition) is 5. The van der Waals surface area contributed by atoms with Gasteiger partial charge in [-0.3, -0.25) is 0 Å². The van der Waals surface area contributed by atoms with Crippen molar-refractivity contribution in [2.45, 2.75) is 16.2 Å². The summed E-state index contributed by atoms with van der Waals surface area (Å²) in [6.07, 6.45) is 3.48. The van der Waals surface area contributed by atoms with Crippen LogP contribution in [0.3, 0.4) is 0 Å². The number of nitrogens with zero attached hydrogens (tertiary/aromatic N) is 1. The molecule has 7 heteroatoms. The topological polar surface area (TPSA) is 49.4 Å². The van der Waals surface area contributed by atoms with E-state index in [1.165, 1.54) is 6.07 Å². The molecule has 1 heterocycles. The summed E-state index contributed by atoms with van der Waals surface area (Å²) in [5, 5.41) is 3.28. The monoisotopic (exact) mass is 332 g/mol. The third-order valence-corrected chi connectivity index (χ3v) is 5.67. The van der Waals surface area contributed by atoms with E-state index in [0.717, 1.165) is 56.3 Å². The van der Waals surface area contributed by atoms with Gasteiger partial charge in [0.15, 0.2) is 9.84 Å². The minimum Gasteiger partial charge on any atom is -0.314 e. The molecule has 0 aromatic heterocycles. The van der Waals surface area contributed by atoms with Gasteiger partial charge >= 0.3 is 0 Å². The van der Waals surface area contributed by atoms with Crippen LogP contribution < -0.4 is 5.32 Å². The van der Waals surface area contributed by atoms with Crippen LogP contribution in [0.4, 0.5) is 4.39 Å². The molecule has 1 aromatic carbocycles. The first-order chi connectivity index (χ1) is 9.91. The number of nitrogens with one attached hydrogen (secondary N) is 1. The highest BCUT2D eigenvalue weighted by Crippen LogP contribution is 2.29. The van der Waals surface area contributed by atoms with E-state index in [4.69, 9.17) is 0 Å². The molecule has 0 atom stereocenters. The first-order valence-corrected chi connectivity index (χ1v) is 10.0. The third-order valence-electron chi connectivity index (χ3n) is 3.60. The van der Waals surface area contributed by atoms with Gasteiger partial charge in [0.2, 0.25) is 0 Å². The molecular formula is C14H21FN2O2S2. The van der Waals surface area contributed by atoms with E-state index in [-0.39, 0.29) is 9.79 Å². The Morgan fingerprint density at radius 1 is 1.33 bits per heavy atom. The zero-order valence-electron chi connectivity index (χ0n) is 12.4. The van der Waals surface area contributed by atoms with Crippen LogP contribution in [0, 0.1) is 5.82 Å². The maximum absolute atomic E-state index is 14.1. The minimum absolute atomic E-state index is 0.102. The molecule has 118 valence electrons. The van der Waals surface area contributed by atoms with Crippen LogP contribution >= 0.6 is 11.8 Å². The van der Waals surface area contributed by atoms with Crippen molar-refractivity contribution >= 4 is 21.6 Å². The highest BCUT2D eigenvalue weighted by atomic mass is 32.2. The third kappa shape index (κ3) is 4.42. The van der Waals surface area contributed by atoms with Crippen LogP contribution in [0.15, 0.2) is 21.9 Å². The number of rotatable bonds is 5. The van der Waals surface area contributed by atoms with Crippen molar-refractivity contribution in [1.82, 2.24) is 10.2 Å². The van der Waals surface area contributed by atoms with Crippen molar-refractivity contribution in [3.63, 3.8) is 0 Å². The van der Waals surface area contributed by atoms with Gasteiger partial charge in [-0.2, -0.15) is 0 Å². The Balaban J connectivity index is 2.18. The molecule has 0 aliphatic carbocycles. The Kier molecular flexibility index (Phi) is 5.65. The number of halogens is 1. The average molecular weight is 332 g/mol. The quantitative estimate of drug-likeness (QED) is 0.826. The van der Waals surface area contributed by atoms with Gasteiger partial charge in [-0.1, -0.05) is 0 Å².